The van der Waals surface area contributed by atoms with E-state index in [4.69, 9.17) is 4.74 Å². The van der Waals surface area contributed by atoms with Crippen LogP contribution in [0.15, 0.2) is 29.2 Å². The van der Waals surface area contributed by atoms with Crippen LogP contribution in [0.4, 0.5) is 4.79 Å². The van der Waals surface area contributed by atoms with E-state index < -0.39 is 38.0 Å². The average molecular weight is 405 g/mol. The highest BCUT2D eigenvalue weighted by Crippen LogP contribution is 2.20. The Kier molecular flexibility index (Phi) is 6.30. The lowest BCUT2D eigenvalue weighted by Crippen LogP contribution is -2.50. The van der Waals surface area contributed by atoms with Crippen molar-refractivity contribution in [3.63, 3.8) is 0 Å². The summed E-state index contributed by atoms with van der Waals surface area (Å²) in [5.74, 6) is -0.462. The van der Waals surface area contributed by atoms with Crippen LogP contribution in [0.5, 0.6) is 0 Å². The summed E-state index contributed by atoms with van der Waals surface area (Å²) in [6.07, 6.45) is -0.778. The lowest BCUT2D eigenvalue weighted by Gasteiger charge is -2.20. The summed E-state index contributed by atoms with van der Waals surface area (Å²) in [5.41, 5.74) is 0.995. The number of hydrogen-bond donors (Lipinski definition) is 2. The third-order valence-electron chi connectivity index (χ3n) is 4.09. The molecule has 2 N–H and O–H groups in total. The van der Waals surface area contributed by atoms with Crippen LogP contribution in [0.25, 0.3) is 0 Å². The fourth-order valence-corrected chi connectivity index (χ4v) is 5.97. The number of ether oxygens (including phenoxy) is 1. The van der Waals surface area contributed by atoms with E-state index in [0.29, 0.717) is 0 Å². The van der Waals surface area contributed by atoms with E-state index in [-0.39, 0.29) is 28.9 Å². The summed E-state index contributed by atoms with van der Waals surface area (Å²) in [6.45, 7) is 5.74. The van der Waals surface area contributed by atoms with Crippen molar-refractivity contribution in [2.45, 2.75) is 43.7 Å². The van der Waals surface area contributed by atoms with Crippen molar-refractivity contribution in [3.8, 4) is 0 Å². The first kappa shape index (κ1) is 20.7. The second-order valence-electron chi connectivity index (χ2n) is 6.50. The standard InChI is InChI=1S/C16H24N2O6S2/c1-4-24-16(19)17-14-9-25(20,21)10-15(14)18-26(22,23)13-7-5-12(6-8-13)11(2)3/h5-8,11,14-15,18H,4,9-10H2,1-3H3,(H,17,19)/t14-,15-/m1/s1. The van der Waals surface area contributed by atoms with E-state index >= 15 is 0 Å². The summed E-state index contributed by atoms with van der Waals surface area (Å²) in [7, 11) is -7.40. The molecular formula is C16H24N2O6S2. The minimum Gasteiger partial charge on any atom is -0.450 e. The number of alkyl carbamates (subject to hydrolysis) is 1. The van der Waals surface area contributed by atoms with E-state index in [1.165, 1.54) is 12.1 Å². The topological polar surface area (TPSA) is 119 Å². The van der Waals surface area contributed by atoms with Crippen LogP contribution in [0.3, 0.4) is 0 Å². The molecule has 0 aliphatic carbocycles. The van der Waals surface area contributed by atoms with E-state index in [2.05, 4.69) is 10.0 Å². The van der Waals surface area contributed by atoms with E-state index in [1.807, 2.05) is 13.8 Å². The quantitative estimate of drug-likeness (QED) is 0.730. The summed E-state index contributed by atoms with van der Waals surface area (Å²) in [6, 6.07) is 4.56. The van der Waals surface area contributed by atoms with Crippen molar-refractivity contribution in [2.24, 2.45) is 0 Å². The first-order valence-electron chi connectivity index (χ1n) is 8.30. The zero-order valence-corrected chi connectivity index (χ0v) is 16.6. The Morgan fingerprint density at radius 1 is 1.19 bits per heavy atom. The van der Waals surface area contributed by atoms with Crippen LogP contribution in [0, 0.1) is 0 Å². The number of rotatable bonds is 6. The number of amides is 1. The van der Waals surface area contributed by atoms with Crippen molar-refractivity contribution >= 4 is 26.0 Å². The Morgan fingerprint density at radius 3 is 2.31 bits per heavy atom. The van der Waals surface area contributed by atoms with Crippen molar-refractivity contribution in [3.05, 3.63) is 29.8 Å². The molecule has 0 bridgehead atoms. The summed E-state index contributed by atoms with van der Waals surface area (Å²) >= 11 is 0. The second kappa shape index (κ2) is 7.93. The molecule has 1 amide bonds. The van der Waals surface area contributed by atoms with E-state index in [9.17, 15) is 21.6 Å². The highest BCUT2D eigenvalue weighted by Gasteiger charge is 2.41. The highest BCUT2D eigenvalue weighted by atomic mass is 32.2. The van der Waals surface area contributed by atoms with Crippen molar-refractivity contribution in [1.29, 1.82) is 0 Å². The van der Waals surface area contributed by atoms with Gasteiger partial charge in [0.1, 0.15) is 0 Å². The number of nitrogens with one attached hydrogen (secondary N) is 2. The maximum absolute atomic E-state index is 12.6. The number of sulfonamides is 1. The molecular weight excluding hydrogens is 380 g/mol. The second-order valence-corrected chi connectivity index (χ2v) is 10.4. The molecule has 0 spiro atoms. The summed E-state index contributed by atoms with van der Waals surface area (Å²) in [4.78, 5) is 11.6. The lowest BCUT2D eigenvalue weighted by molar-refractivity contribution is 0.148. The van der Waals surface area contributed by atoms with Crippen LogP contribution in [-0.4, -0.2) is 53.1 Å². The summed E-state index contributed by atoms with van der Waals surface area (Å²) in [5, 5.41) is 2.42. The van der Waals surface area contributed by atoms with Crippen molar-refractivity contribution < 1.29 is 26.4 Å². The molecule has 1 aliphatic rings. The van der Waals surface area contributed by atoms with Gasteiger partial charge < -0.3 is 10.1 Å². The maximum Gasteiger partial charge on any atom is 0.407 e. The predicted molar refractivity (Wildman–Crippen MR) is 97.2 cm³/mol. The SMILES string of the molecule is CCOC(=O)N[C@@H]1CS(=O)(=O)C[C@H]1NS(=O)(=O)c1ccc(C(C)C)cc1. The third-order valence-corrected chi connectivity index (χ3v) is 7.33. The minimum atomic E-state index is -3.92. The Labute approximate surface area is 154 Å². The van der Waals surface area contributed by atoms with Gasteiger partial charge in [-0.1, -0.05) is 26.0 Å². The van der Waals surface area contributed by atoms with Crippen LogP contribution in [0.1, 0.15) is 32.3 Å². The molecule has 1 aliphatic heterocycles. The van der Waals surface area contributed by atoms with Gasteiger partial charge >= 0.3 is 6.09 Å². The molecule has 1 aromatic rings. The molecule has 1 aromatic carbocycles. The normalized spacial score (nSPS) is 22.3. The molecule has 0 radical (unpaired) electrons. The number of carbonyl (C=O) groups is 1. The van der Waals surface area contributed by atoms with Gasteiger partial charge in [-0.15, -0.1) is 0 Å². The number of carbonyl (C=O) groups excluding carboxylic acids is 1. The monoisotopic (exact) mass is 404 g/mol. The molecule has 1 fully saturated rings. The molecule has 1 saturated heterocycles. The van der Waals surface area contributed by atoms with Gasteiger partial charge in [0.05, 0.1) is 35.1 Å². The highest BCUT2D eigenvalue weighted by molar-refractivity contribution is 7.92. The van der Waals surface area contributed by atoms with Gasteiger partial charge in [-0.05, 0) is 30.5 Å². The van der Waals surface area contributed by atoms with Gasteiger partial charge in [-0.3, -0.25) is 0 Å². The van der Waals surface area contributed by atoms with Gasteiger partial charge in [0, 0.05) is 0 Å². The van der Waals surface area contributed by atoms with Gasteiger partial charge in [-0.25, -0.2) is 26.4 Å². The van der Waals surface area contributed by atoms with Crippen molar-refractivity contribution in [2.75, 3.05) is 18.1 Å². The zero-order valence-electron chi connectivity index (χ0n) is 14.9. The largest absolute Gasteiger partial charge is 0.450 e. The molecule has 2 rings (SSSR count). The lowest BCUT2D eigenvalue weighted by atomic mass is 10.0. The molecule has 8 nitrogen and oxygen atoms in total. The molecule has 2 atom stereocenters. The number of sulfone groups is 1. The van der Waals surface area contributed by atoms with Gasteiger partial charge in [0.15, 0.2) is 9.84 Å². The average Bonchev–Trinajstić information content (AvgIpc) is 2.80. The Bertz CT molecular complexity index is 847. The number of hydrogen-bond acceptors (Lipinski definition) is 6. The Hall–Kier alpha value is -1.65. The molecule has 0 saturated carbocycles. The van der Waals surface area contributed by atoms with E-state index in [0.717, 1.165) is 5.56 Å². The van der Waals surface area contributed by atoms with Gasteiger partial charge in [-0.2, -0.15) is 0 Å². The third kappa shape index (κ3) is 5.18. The van der Waals surface area contributed by atoms with Crippen LogP contribution in [-0.2, 0) is 24.6 Å². The Balaban J connectivity index is 2.18. The number of benzene rings is 1. The molecule has 0 aromatic heterocycles. The molecule has 1 heterocycles. The Morgan fingerprint density at radius 2 is 1.77 bits per heavy atom. The molecule has 146 valence electrons. The first-order valence-corrected chi connectivity index (χ1v) is 11.6. The smallest absolute Gasteiger partial charge is 0.407 e. The minimum absolute atomic E-state index is 0.0427. The maximum atomic E-state index is 12.6. The zero-order chi connectivity index (χ0) is 19.5. The fourth-order valence-electron chi connectivity index (χ4n) is 2.73. The first-order chi connectivity index (χ1) is 12.0. The van der Waals surface area contributed by atoms with E-state index in [1.54, 1.807) is 19.1 Å². The van der Waals surface area contributed by atoms with Gasteiger partial charge in [0.2, 0.25) is 10.0 Å². The van der Waals surface area contributed by atoms with Crippen molar-refractivity contribution in [1.82, 2.24) is 10.0 Å². The van der Waals surface area contributed by atoms with Crippen LogP contribution >= 0.6 is 0 Å². The molecule has 26 heavy (non-hydrogen) atoms. The van der Waals surface area contributed by atoms with Crippen LogP contribution < -0.4 is 10.0 Å². The predicted octanol–water partition coefficient (Wildman–Crippen LogP) is 1.00. The fraction of sp³-hybridized carbons (Fsp3) is 0.562. The molecule has 10 heteroatoms. The van der Waals surface area contributed by atoms with Crippen LogP contribution in [0.2, 0.25) is 0 Å². The molecule has 0 unspecified atom stereocenters. The summed E-state index contributed by atoms with van der Waals surface area (Å²) < 4.78 is 56.1. The van der Waals surface area contributed by atoms with Gasteiger partial charge in [0.25, 0.3) is 0 Å².